The highest BCUT2D eigenvalue weighted by Crippen LogP contribution is 2.27. The zero-order chi connectivity index (χ0) is 15.7. The van der Waals surface area contributed by atoms with Crippen LogP contribution in [0.2, 0.25) is 0 Å². The number of alkyl carbamates (subject to hydrolysis) is 1. The molecule has 0 saturated carbocycles. The molecule has 0 bridgehead atoms. The van der Waals surface area contributed by atoms with Gasteiger partial charge in [0.05, 0.1) is 6.61 Å². The van der Waals surface area contributed by atoms with Crippen molar-refractivity contribution in [2.45, 2.75) is 50.8 Å². The number of carbonyl (C=O) groups excluding carboxylic acids is 1. The molecule has 0 radical (unpaired) electrons. The maximum atomic E-state index is 11.9. The molecule has 2 saturated heterocycles. The van der Waals surface area contributed by atoms with Crippen molar-refractivity contribution in [3.05, 3.63) is 0 Å². The third-order valence-electron chi connectivity index (χ3n) is 3.87. The van der Waals surface area contributed by atoms with Crippen LogP contribution < -0.4 is 5.32 Å². The maximum Gasteiger partial charge on any atom is 0.408 e. The molecule has 2 aliphatic rings. The first kappa shape index (κ1) is 16.0. The Bertz CT molecular complexity index is 414. The number of likely N-dealkylation sites (tertiary alicyclic amines) is 1. The number of carboxylic acid groups (broad SMARTS) is 1. The van der Waals surface area contributed by atoms with Crippen molar-refractivity contribution in [1.29, 1.82) is 0 Å². The second-order valence-electron chi connectivity index (χ2n) is 6.75. The van der Waals surface area contributed by atoms with Crippen LogP contribution in [-0.2, 0) is 14.3 Å². The number of hydrogen-bond donors (Lipinski definition) is 2. The molecule has 2 fully saturated rings. The van der Waals surface area contributed by atoms with Gasteiger partial charge in [0.2, 0.25) is 0 Å². The van der Waals surface area contributed by atoms with Gasteiger partial charge in [-0.25, -0.2) is 9.59 Å². The summed E-state index contributed by atoms with van der Waals surface area (Å²) in [4.78, 5) is 25.7. The normalized spacial score (nSPS) is 30.3. The fourth-order valence-electron chi connectivity index (χ4n) is 2.79. The van der Waals surface area contributed by atoms with E-state index in [1.807, 2.05) is 0 Å². The van der Waals surface area contributed by atoms with Gasteiger partial charge in [-0.2, -0.15) is 0 Å². The van der Waals surface area contributed by atoms with E-state index in [9.17, 15) is 14.7 Å². The smallest absolute Gasteiger partial charge is 0.408 e. The third kappa shape index (κ3) is 3.85. The number of rotatable bonds is 3. The van der Waals surface area contributed by atoms with Crippen molar-refractivity contribution >= 4 is 12.1 Å². The third-order valence-corrected chi connectivity index (χ3v) is 3.87. The van der Waals surface area contributed by atoms with Gasteiger partial charge >= 0.3 is 12.1 Å². The van der Waals surface area contributed by atoms with Gasteiger partial charge in [-0.3, -0.25) is 4.90 Å². The molecule has 2 heterocycles. The van der Waals surface area contributed by atoms with Crippen LogP contribution in [-0.4, -0.2) is 65.6 Å². The molecule has 0 aliphatic carbocycles. The van der Waals surface area contributed by atoms with Crippen LogP contribution in [0.1, 0.15) is 33.6 Å². The van der Waals surface area contributed by atoms with E-state index in [2.05, 4.69) is 10.2 Å². The van der Waals surface area contributed by atoms with Gasteiger partial charge in [0.25, 0.3) is 0 Å². The Balaban J connectivity index is 2.01. The molecule has 7 heteroatoms. The first-order valence-corrected chi connectivity index (χ1v) is 7.28. The number of aliphatic carboxylic acids is 1. The molecule has 7 nitrogen and oxygen atoms in total. The predicted octanol–water partition coefficient (Wildman–Crippen LogP) is 0.829. The molecule has 21 heavy (non-hydrogen) atoms. The highest BCUT2D eigenvalue weighted by Gasteiger charge is 2.48. The molecule has 2 N–H and O–H groups in total. The number of hydrogen-bond acceptors (Lipinski definition) is 5. The van der Waals surface area contributed by atoms with Gasteiger partial charge in [0.15, 0.2) is 5.54 Å². The second-order valence-corrected chi connectivity index (χ2v) is 6.75. The summed E-state index contributed by atoms with van der Waals surface area (Å²) in [6.45, 7) is 7.50. The van der Waals surface area contributed by atoms with Crippen molar-refractivity contribution in [3.63, 3.8) is 0 Å². The summed E-state index contributed by atoms with van der Waals surface area (Å²) >= 11 is 0. The molecule has 0 aromatic rings. The monoisotopic (exact) mass is 300 g/mol. The van der Waals surface area contributed by atoms with Gasteiger partial charge in [-0.15, -0.1) is 0 Å². The van der Waals surface area contributed by atoms with Gasteiger partial charge in [0.1, 0.15) is 5.60 Å². The van der Waals surface area contributed by atoms with Crippen LogP contribution in [0, 0.1) is 0 Å². The minimum absolute atomic E-state index is 0.242. The van der Waals surface area contributed by atoms with E-state index in [4.69, 9.17) is 9.47 Å². The molecule has 0 aromatic heterocycles. The lowest BCUT2D eigenvalue weighted by Gasteiger charge is -2.29. The standard InChI is InChI=1S/C14H24N2O5/c1-13(2,3)21-12(19)15-14(11(17)18)5-6-16(9-14)10-4-7-20-8-10/h10H,4-9H2,1-3H3,(H,15,19)(H,17,18). The van der Waals surface area contributed by atoms with E-state index < -0.39 is 23.2 Å². The van der Waals surface area contributed by atoms with E-state index in [1.54, 1.807) is 20.8 Å². The Labute approximate surface area is 124 Å². The molecule has 1 amide bonds. The average molecular weight is 300 g/mol. The summed E-state index contributed by atoms with van der Waals surface area (Å²) < 4.78 is 10.5. The lowest BCUT2D eigenvalue weighted by Crippen LogP contribution is -2.57. The van der Waals surface area contributed by atoms with Crippen LogP contribution in [0.15, 0.2) is 0 Å². The maximum absolute atomic E-state index is 11.9. The fourth-order valence-corrected chi connectivity index (χ4v) is 2.79. The Kier molecular flexibility index (Phi) is 4.43. The second kappa shape index (κ2) is 5.81. The first-order chi connectivity index (χ1) is 9.72. The van der Waals surface area contributed by atoms with Gasteiger partial charge < -0.3 is 19.9 Å². The van der Waals surface area contributed by atoms with Gasteiger partial charge in [-0.1, -0.05) is 0 Å². The summed E-state index contributed by atoms with van der Waals surface area (Å²) in [5.74, 6) is -1.02. The van der Waals surface area contributed by atoms with Gasteiger partial charge in [0, 0.05) is 25.7 Å². The predicted molar refractivity (Wildman–Crippen MR) is 75.2 cm³/mol. The molecular formula is C14H24N2O5. The lowest BCUT2D eigenvalue weighted by atomic mass is 9.99. The Morgan fingerprint density at radius 1 is 1.43 bits per heavy atom. The molecule has 2 rings (SSSR count). The minimum atomic E-state index is -1.27. The van der Waals surface area contributed by atoms with Crippen LogP contribution in [0.25, 0.3) is 0 Å². The molecule has 120 valence electrons. The SMILES string of the molecule is CC(C)(C)OC(=O)NC1(C(=O)O)CCN(C2CCOC2)C1. The topological polar surface area (TPSA) is 88.1 Å². The number of carboxylic acids is 1. The van der Waals surface area contributed by atoms with Crippen LogP contribution >= 0.6 is 0 Å². The van der Waals surface area contributed by atoms with Crippen LogP contribution in [0.5, 0.6) is 0 Å². The van der Waals surface area contributed by atoms with E-state index in [0.29, 0.717) is 26.2 Å². The summed E-state index contributed by atoms with van der Waals surface area (Å²) in [7, 11) is 0. The highest BCUT2D eigenvalue weighted by atomic mass is 16.6. The van der Waals surface area contributed by atoms with Crippen molar-refractivity contribution in [2.24, 2.45) is 0 Å². The van der Waals surface area contributed by atoms with Crippen molar-refractivity contribution in [3.8, 4) is 0 Å². The fraction of sp³-hybridized carbons (Fsp3) is 0.857. The number of amides is 1. The summed E-state index contributed by atoms with van der Waals surface area (Å²) in [6.07, 6.45) is 0.592. The van der Waals surface area contributed by atoms with Crippen LogP contribution in [0.4, 0.5) is 4.79 Å². The Morgan fingerprint density at radius 2 is 2.14 bits per heavy atom. The molecule has 2 aliphatic heterocycles. The number of nitrogens with zero attached hydrogens (tertiary/aromatic N) is 1. The van der Waals surface area contributed by atoms with E-state index >= 15 is 0 Å². The Hall–Kier alpha value is -1.34. The highest BCUT2D eigenvalue weighted by molar-refractivity contribution is 5.85. The van der Waals surface area contributed by atoms with E-state index in [-0.39, 0.29) is 12.6 Å². The zero-order valence-corrected chi connectivity index (χ0v) is 12.8. The van der Waals surface area contributed by atoms with Gasteiger partial charge in [-0.05, 0) is 33.6 Å². The largest absolute Gasteiger partial charge is 0.479 e. The lowest BCUT2D eigenvalue weighted by molar-refractivity contribution is -0.144. The summed E-state index contributed by atoms with van der Waals surface area (Å²) in [5, 5.41) is 12.1. The quantitative estimate of drug-likeness (QED) is 0.802. The molecule has 2 unspecified atom stereocenters. The summed E-state index contributed by atoms with van der Waals surface area (Å²) in [5.41, 5.74) is -1.92. The van der Waals surface area contributed by atoms with E-state index in [1.165, 1.54) is 0 Å². The Morgan fingerprint density at radius 3 is 2.67 bits per heavy atom. The molecule has 0 aromatic carbocycles. The zero-order valence-electron chi connectivity index (χ0n) is 12.8. The average Bonchev–Trinajstić information content (AvgIpc) is 2.94. The van der Waals surface area contributed by atoms with E-state index in [0.717, 1.165) is 6.42 Å². The number of nitrogens with one attached hydrogen (secondary N) is 1. The van der Waals surface area contributed by atoms with Crippen LogP contribution in [0.3, 0.4) is 0 Å². The molecular weight excluding hydrogens is 276 g/mol. The molecule has 2 atom stereocenters. The molecule has 0 spiro atoms. The van der Waals surface area contributed by atoms with Crippen molar-refractivity contribution < 1.29 is 24.2 Å². The first-order valence-electron chi connectivity index (χ1n) is 7.28. The summed E-state index contributed by atoms with van der Waals surface area (Å²) in [6, 6.07) is 0.242. The van der Waals surface area contributed by atoms with Crippen molar-refractivity contribution in [2.75, 3.05) is 26.3 Å². The number of ether oxygens (including phenoxy) is 2. The number of carbonyl (C=O) groups is 2. The van der Waals surface area contributed by atoms with Crippen molar-refractivity contribution in [1.82, 2.24) is 10.2 Å². The minimum Gasteiger partial charge on any atom is -0.479 e.